The molecule has 3 heterocycles. The van der Waals surface area contributed by atoms with Crippen LogP contribution >= 0.6 is 11.6 Å². The summed E-state index contributed by atoms with van der Waals surface area (Å²) < 4.78 is 23.6. The number of aliphatic hydroxyl groups is 1. The monoisotopic (exact) mass is 681 g/mol. The number of nitrogens with zero attached hydrogens (tertiary/aromatic N) is 2. The van der Waals surface area contributed by atoms with Crippen LogP contribution in [-0.4, -0.2) is 76.2 Å². The molecular formula is C38H52ClN3O4S. The topological polar surface area (TPSA) is 82.1 Å². The van der Waals surface area contributed by atoms with Gasteiger partial charge in [0.25, 0.3) is 5.91 Å². The number of nitrogens with one attached hydrogen (secondary N) is 1. The lowest BCUT2D eigenvalue weighted by atomic mass is 9.67. The summed E-state index contributed by atoms with van der Waals surface area (Å²) in [6, 6.07) is 12.1. The Kier molecular flexibility index (Phi) is 9.35. The minimum Gasteiger partial charge on any atom is -0.490 e. The molecule has 2 aromatic carbocycles. The van der Waals surface area contributed by atoms with E-state index in [1.807, 2.05) is 25.1 Å². The van der Waals surface area contributed by atoms with Crippen molar-refractivity contribution in [1.82, 2.24) is 9.62 Å². The predicted molar refractivity (Wildman–Crippen MR) is 192 cm³/mol. The Morgan fingerprint density at radius 2 is 1.87 bits per heavy atom. The second-order valence-electron chi connectivity index (χ2n) is 15.4. The molecule has 2 aliphatic carbocycles. The SMILES string of the molecule is C=S1(=O)NC(=O)c2ccc3c(c2)N(C[C@@H]2CC[C@H]2[C@H](O)C[C@H](N2CCCCC2)C[C@H](C)[C@H]1C)C[C@@]1(CCCc2cc(Cl)ccc21)CO3. The van der Waals surface area contributed by atoms with Crippen LogP contribution in [0.1, 0.15) is 93.1 Å². The molecule has 0 radical (unpaired) electrons. The molecule has 3 aliphatic heterocycles. The maximum absolute atomic E-state index is 14.1. The Morgan fingerprint density at radius 1 is 1.06 bits per heavy atom. The number of hydrogen-bond donors (Lipinski definition) is 2. The summed E-state index contributed by atoms with van der Waals surface area (Å²) in [7, 11) is -2.95. The number of piperidine rings is 1. The van der Waals surface area contributed by atoms with E-state index >= 15 is 0 Å². The Hall–Kier alpha value is -2.26. The van der Waals surface area contributed by atoms with Crippen molar-refractivity contribution in [3.05, 3.63) is 58.1 Å². The molecule has 1 saturated carbocycles. The van der Waals surface area contributed by atoms with Crippen LogP contribution in [0.4, 0.5) is 5.69 Å². The minimum absolute atomic E-state index is 0.0601. The van der Waals surface area contributed by atoms with Gasteiger partial charge in [0, 0.05) is 40.4 Å². The molecule has 1 amide bonds. The van der Waals surface area contributed by atoms with E-state index in [-0.39, 0.29) is 40.6 Å². The number of aryl methyl sites for hydroxylation is 1. The lowest BCUT2D eigenvalue weighted by Gasteiger charge is -2.47. The molecule has 2 aromatic rings. The van der Waals surface area contributed by atoms with Crippen LogP contribution in [-0.2, 0) is 21.5 Å². The van der Waals surface area contributed by atoms with Gasteiger partial charge in [-0.15, -0.1) is 0 Å². The van der Waals surface area contributed by atoms with Crippen LogP contribution in [0.5, 0.6) is 5.75 Å². The number of carbonyl (C=O) groups excluding carboxylic acids is 1. The smallest absolute Gasteiger partial charge is 0.262 e. The van der Waals surface area contributed by atoms with E-state index in [1.54, 1.807) is 6.07 Å². The number of carbonyl (C=O) groups is 1. The molecule has 7 rings (SSSR count). The average molecular weight is 682 g/mol. The first kappa shape index (κ1) is 33.2. The number of aliphatic hydroxyl groups excluding tert-OH is 1. The van der Waals surface area contributed by atoms with Gasteiger partial charge in [-0.05, 0) is 143 Å². The molecule has 2 N–H and O–H groups in total. The maximum Gasteiger partial charge on any atom is 0.262 e. The van der Waals surface area contributed by atoms with Gasteiger partial charge < -0.3 is 19.6 Å². The zero-order valence-electron chi connectivity index (χ0n) is 28.1. The Bertz CT molecular complexity index is 1590. The summed E-state index contributed by atoms with van der Waals surface area (Å²) in [5.74, 6) is 5.13. The van der Waals surface area contributed by atoms with Crippen molar-refractivity contribution in [1.29, 1.82) is 0 Å². The maximum atomic E-state index is 14.1. The van der Waals surface area contributed by atoms with Gasteiger partial charge in [-0.2, -0.15) is 0 Å². The van der Waals surface area contributed by atoms with Crippen molar-refractivity contribution in [2.45, 2.75) is 101 Å². The van der Waals surface area contributed by atoms with Gasteiger partial charge in [-0.1, -0.05) is 31.0 Å². The van der Waals surface area contributed by atoms with E-state index in [2.05, 4.69) is 39.4 Å². The van der Waals surface area contributed by atoms with Gasteiger partial charge in [0.1, 0.15) is 5.75 Å². The summed E-state index contributed by atoms with van der Waals surface area (Å²) in [5.41, 5.74) is 3.74. The van der Waals surface area contributed by atoms with Crippen molar-refractivity contribution >= 4 is 38.8 Å². The number of halogens is 1. The van der Waals surface area contributed by atoms with Crippen molar-refractivity contribution in [3.63, 3.8) is 0 Å². The number of likely N-dealkylation sites (tertiary alicyclic amines) is 1. The predicted octanol–water partition coefficient (Wildman–Crippen LogP) is 6.23. The van der Waals surface area contributed by atoms with Gasteiger partial charge in [0.15, 0.2) is 0 Å². The normalized spacial score (nSPS) is 36.7. The molecule has 2 bridgehead atoms. The number of benzene rings is 2. The Labute approximate surface area is 286 Å². The van der Waals surface area contributed by atoms with Gasteiger partial charge in [-0.25, -0.2) is 4.21 Å². The molecule has 0 aromatic heterocycles. The Balaban J connectivity index is 1.27. The lowest BCUT2D eigenvalue weighted by Crippen LogP contribution is -2.51. The third-order valence-electron chi connectivity index (χ3n) is 12.5. The summed E-state index contributed by atoms with van der Waals surface area (Å²) >= 11 is 6.46. The van der Waals surface area contributed by atoms with E-state index in [1.165, 1.54) is 30.4 Å². The van der Waals surface area contributed by atoms with Crippen molar-refractivity contribution in [2.24, 2.45) is 17.8 Å². The molecular weight excluding hydrogens is 630 g/mol. The number of fused-ring (bicyclic) bond motifs is 4. The molecule has 2 fully saturated rings. The summed E-state index contributed by atoms with van der Waals surface area (Å²) in [5, 5.41) is 12.4. The third-order valence-corrected chi connectivity index (χ3v) is 14.9. The van der Waals surface area contributed by atoms with Gasteiger partial charge in [0.05, 0.1) is 28.1 Å². The molecule has 1 spiro atoms. The molecule has 1 unspecified atom stereocenters. The highest BCUT2D eigenvalue weighted by Gasteiger charge is 2.45. The largest absolute Gasteiger partial charge is 0.490 e. The van der Waals surface area contributed by atoms with E-state index in [0.29, 0.717) is 18.1 Å². The van der Waals surface area contributed by atoms with Gasteiger partial charge >= 0.3 is 0 Å². The van der Waals surface area contributed by atoms with Crippen molar-refractivity contribution < 1.29 is 18.8 Å². The van der Waals surface area contributed by atoms with Gasteiger partial charge in [0.2, 0.25) is 0 Å². The van der Waals surface area contributed by atoms with Crippen LogP contribution in [0, 0.1) is 17.8 Å². The second kappa shape index (κ2) is 13.2. The fourth-order valence-corrected chi connectivity index (χ4v) is 11.0. The number of rotatable bonds is 1. The highest BCUT2D eigenvalue weighted by molar-refractivity contribution is 7.99. The summed E-state index contributed by atoms with van der Waals surface area (Å²) in [6.45, 7) is 8.28. The van der Waals surface area contributed by atoms with Crippen LogP contribution in [0.25, 0.3) is 0 Å². The molecule has 256 valence electrons. The molecule has 47 heavy (non-hydrogen) atoms. The first-order chi connectivity index (χ1) is 22.5. The number of amides is 1. The van der Waals surface area contributed by atoms with Crippen LogP contribution in [0.3, 0.4) is 0 Å². The molecule has 5 aliphatic rings. The fourth-order valence-electron chi connectivity index (χ4n) is 9.30. The average Bonchev–Trinajstić information content (AvgIpc) is 3.18. The fraction of sp³-hybridized carbons (Fsp3) is 0.632. The zero-order valence-corrected chi connectivity index (χ0v) is 29.7. The first-order valence-corrected chi connectivity index (χ1v) is 20.1. The summed E-state index contributed by atoms with van der Waals surface area (Å²) in [6.07, 6.45) is 9.96. The molecule has 8 atom stereocenters. The standard InChI is InChI=1S/C38H52ClN3O4S/c1-25-18-31(41-16-5-4-6-17-41)21-35(43)32-12-9-29(32)22-42-23-38(15-7-8-27-19-30(39)11-13-33(27)38)24-46-36-14-10-28(20-34(36)42)37(44)40-47(3,45)26(25)2/h10-11,13-14,19-20,25-26,29,31-32,35,43H,3-9,12,15-18,21-24H2,1-2H3,(H,40,44,45)/t25-,26+,29-,31+,32+,35+,38-,47?/m0/s1. The van der Waals surface area contributed by atoms with Crippen molar-refractivity contribution in [3.8, 4) is 5.75 Å². The van der Waals surface area contributed by atoms with E-state index < -0.39 is 9.71 Å². The van der Waals surface area contributed by atoms with Crippen LogP contribution in [0.15, 0.2) is 36.4 Å². The molecule has 7 nitrogen and oxygen atoms in total. The first-order valence-electron chi connectivity index (χ1n) is 17.9. The van der Waals surface area contributed by atoms with E-state index in [9.17, 15) is 14.1 Å². The van der Waals surface area contributed by atoms with E-state index in [0.717, 1.165) is 87.6 Å². The number of ether oxygens (including phenoxy) is 1. The molecule has 1 saturated heterocycles. The number of hydrogen-bond acceptors (Lipinski definition) is 6. The summed E-state index contributed by atoms with van der Waals surface area (Å²) in [4.78, 5) is 18.8. The second-order valence-corrected chi connectivity index (χ2v) is 18.3. The van der Waals surface area contributed by atoms with Gasteiger partial charge in [-0.3, -0.25) is 9.52 Å². The highest BCUT2D eigenvalue weighted by Crippen LogP contribution is 2.47. The molecule has 9 heteroatoms. The van der Waals surface area contributed by atoms with E-state index in [4.69, 9.17) is 16.3 Å². The minimum atomic E-state index is -2.95. The number of anilines is 1. The lowest BCUT2D eigenvalue weighted by molar-refractivity contribution is -0.0128. The zero-order chi connectivity index (χ0) is 32.9. The van der Waals surface area contributed by atoms with Crippen LogP contribution in [0.2, 0.25) is 5.02 Å². The quantitative estimate of drug-likeness (QED) is 0.347. The Morgan fingerprint density at radius 3 is 2.64 bits per heavy atom. The van der Waals surface area contributed by atoms with Crippen molar-refractivity contribution in [2.75, 3.05) is 37.7 Å². The third kappa shape index (κ3) is 6.56. The highest BCUT2D eigenvalue weighted by atomic mass is 35.5. The van der Waals surface area contributed by atoms with Crippen LogP contribution < -0.4 is 14.4 Å².